The highest BCUT2D eigenvalue weighted by Gasteiger charge is 2.14. The zero-order valence-corrected chi connectivity index (χ0v) is 13.8. The number of esters is 1. The van der Waals surface area contributed by atoms with Crippen LogP contribution < -0.4 is 10.1 Å². The molecule has 25 heavy (non-hydrogen) atoms. The number of aryl methyl sites for hydroxylation is 2. The maximum atomic E-state index is 13.4. The number of rotatable bonds is 6. The van der Waals surface area contributed by atoms with Gasteiger partial charge >= 0.3 is 5.97 Å². The van der Waals surface area contributed by atoms with Gasteiger partial charge in [0, 0.05) is 0 Å². The summed E-state index contributed by atoms with van der Waals surface area (Å²) in [5, 5.41) is 2.02. The molecule has 132 valence electrons. The van der Waals surface area contributed by atoms with Crippen molar-refractivity contribution in [3.63, 3.8) is 0 Å². The summed E-state index contributed by atoms with van der Waals surface area (Å²) in [5.74, 6) is -2.90. The van der Waals surface area contributed by atoms with Crippen molar-refractivity contribution in [3.05, 3.63) is 59.2 Å². The van der Waals surface area contributed by atoms with E-state index in [1.54, 1.807) is 0 Å². The summed E-state index contributed by atoms with van der Waals surface area (Å²) in [5.41, 5.74) is 1.14. The number of nitrogens with one attached hydrogen (secondary N) is 1. The SMILES string of the molecule is Cc1cccc(C)c1OCC(=O)OCC(=O)Nc1c(F)cccc1F. The Hall–Kier alpha value is -2.96. The number of halogens is 2. The molecule has 1 N–H and O–H groups in total. The van der Waals surface area contributed by atoms with E-state index in [1.165, 1.54) is 6.07 Å². The van der Waals surface area contributed by atoms with Gasteiger partial charge in [0.2, 0.25) is 0 Å². The average Bonchev–Trinajstić information content (AvgIpc) is 2.56. The van der Waals surface area contributed by atoms with E-state index in [9.17, 15) is 18.4 Å². The molecule has 2 aromatic rings. The molecule has 0 saturated heterocycles. The fourth-order valence-corrected chi connectivity index (χ4v) is 2.14. The predicted octanol–water partition coefficient (Wildman–Crippen LogP) is 3.14. The first-order valence-corrected chi connectivity index (χ1v) is 7.47. The molecule has 7 heteroatoms. The number of hydrogen-bond donors (Lipinski definition) is 1. The van der Waals surface area contributed by atoms with Crippen molar-refractivity contribution >= 4 is 17.6 Å². The highest BCUT2D eigenvalue weighted by molar-refractivity contribution is 5.93. The Morgan fingerprint density at radius 3 is 2.12 bits per heavy atom. The second kappa shape index (κ2) is 8.23. The lowest BCUT2D eigenvalue weighted by molar-refractivity contribution is -0.149. The van der Waals surface area contributed by atoms with Crippen LogP contribution in [0.1, 0.15) is 11.1 Å². The standard InChI is InChI=1S/C18H17F2NO4/c1-11-5-3-6-12(2)18(11)25-10-16(23)24-9-15(22)21-17-13(19)7-4-8-14(17)20/h3-8H,9-10H2,1-2H3,(H,21,22). The summed E-state index contributed by atoms with van der Waals surface area (Å²) in [7, 11) is 0. The molecule has 0 aliphatic heterocycles. The summed E-state index contributed by atoms with van der Waals surface area (Å²) < 4.78 is 37.0. The third-order valence-electron chi connectivity index (χ3n) is 3.33. The molecule has 0 unspecified atom stereocenters. The number of para-hydroxylation sites is 2. The van der Waals surface area contributed by atoms with E-state index in [2.05, 4.69) is 0 Å². The zero-order valence-electron chi connectivity index (χ0n) is 13.8. The van der Waals surface area contributed by atoms with Gasteiger partial charge in [0.15, 0.2) is 13.2 Å². The van der Waals surface area contributed by atoms with E-state index in [0.717, 1.165) is 23.3 Å². The van der Waals surface area contributed by atoms with Gasteiger partial charge in [-0.1, -0.05) is 24.3 Å². The van der Waals surface area contributed by atoms with Crippen LogP contribution in [0.5, 0.6) is 5.75 Å². The number of carbonyl (C=O) groups is 2. The Labute approximate surface area is 143 Å². The molecule has 5 nitrogen and oxygen atoms in total. The second-order valence-corrected chi connectivity index (χ2v) is 5.32. The van der Waals surface area contributed by atoms with E-state index >= 15 is 0 Å². The van der Waals surface area contributed by atoms with Crippen LogP contribution in [0, 0.1) is 25.5 Å². The first-order valence-electron chi connectivity index (χ1n) is 7.47. The van der Waals surface area contributed by atoms with Gasteiger partial charge in [-0.3, -0.25) is 4.79 Å². The molecule has 0 aliphatic carbocycles. The molecule has 0 atom stereocenters. The highest BCUT2D eigenvalue weighted by atomic mass is 19.1. The van der Waals surface area contributed by atoms with Gasteiger partial charge in [-0.05, 0) is 37.1 Å². The van der Waals surface area contributed by atoms with Crippen molar-refractivity contribution in [3.8, 4) is 5.75 Å². The van der Waals surface area contributed by atoms with Gasteiger partial charge in [-0.15, -0.1) is 0 Å². The van der Waals surface area contributed by atoms with Crippen molar-refractivity contribution in [2.24, 2.45) is 0 Å². The molecule has 0 fully saturated rings. The van der Waals surface area contributed by atoms with Crippen LogP contribution in [0.3, 0.4) is 0 Å². The third kappa shape index (κ3) is 5.00. The minimum absolute atomic E-state index is 0.382. The Bertz CT molecular complexity index is 752. The largest absolute Gasteiger partial charge is 0.481 e. The van der Waals surface area contributed by atoms with E-state index in [1.807, 2.05) is 37.4 Å². The molecular formula is C18H17F2NO4. The zero-order chi connectivity index (χ0) is 18.4. The van der Waals surface area contributed by atoms with Crippen molar-refractivity contribution in [2.75, 3.05) is 18.5 Å². The summed E-state index contributed by atoms with van der Waals surface area (Å²) in [6.45, 7) is 2.61. The van der Waals surface area contributed by atoms with Crippen LogP contribution in [-0.4, -0.2) is 25.1 Å². The van der Waals surface area contributed by atoms with Crippen LogP contribution in [-0.2, 0) is 14.3 Å². The predicted molar refractivity (Wildman–Crippen MR) is 87.4 cm³/mol. The quantitative estimate of drug-likeness (QED) is 0.814. The monoisotopic (exact) mass is 349 g/mol. The lowest BCUT2D eigenvalue weighted by atomic mass is 10.1. The van der Waals surface area contributed by atoms with Crippen molar-refractivity contribution < 1.29 is 27.8 Å². The van der Waals surface area contributed by atoms with Crippen LogP contribution >= 0.6 is 0 Å². The number of ether oxygens (including phenoxy) is 2. The van der Waals surface area contributed by atoms with Crippen molar-refractivity contribution in [1.82, 2.24) is 0 Å². The number of hydrogen-bond acceptors (Lipinski definition) is 4. The minimum atomic E-state index is -0.918. The Balaban J connectivity index is 1.83. The third-order valence-corrected chi connectivity index (χ3v) is 3.33. The van der Waals surface area contributed by atoms with E-state index in [0.29, 0.717) is 5.75 Å². The summed E-state index contributed by atoms with van der Waals surface area (Å²) in [6, 6.07) is 8.72. The Morgan fingerprint density at radius 2 is 1.52 bits per heavy atom. The molecule has 1 amide bonds. The number of carbonyl (C=O) groups excluding carboxylic acids is 2. The molecule has 0 bridgehead atoms. The van der Waals surface area contributed by atoms with Gasteiger partial charge in [-0.25, -0.2) is 13.6 Å². The van der Waals surface area contributed by atoms with E-state index in [4.69, 9.17) is 9.47 Å². The van der Waals surface area contributed by atoms with E-state index in [-0.39, 0.29) is 6.61 Å². The van der Waals surface area contributed by atoms with Crippen LogP contribution in [0.15, 0.2) is 36.4 Å². The molecule has 0 spiro atoms. The average molecular weight is 349 g/mol. The Morgan fingerprint density at radius 1 is 0.960 bits per heavy atom. The van der Waals surface area contributed by atoms with Crippen LogP contribution in [0.4, 0.5) is 14.5 Å². The van der Waals surface area contributed by atoms with Gasteiger partial charge in [0.25, 0.3) is 5.91 Å². The first-order chi connectivity index (χ1) is 11.9. The van der Waals surface area contributed by atoms with Crippen molar-refractivity contribution in [2.45, 2.75) is 13.8 Å². The normalized spacial score (nSPS) is 10.2. The molecular weight excluding hydrogens is 332 g/mol. The smallest absolute Gasteiger partial charge is 0.344 e. The molecule has 0 saturated carbocycles. The number of amides is 1. The molecule has 0 aliphatic rings. The topological polar surface area (TPSA) is 64.6 Å². The molecule has 0 heterocycles. The Kier molecular flexibility index (Phi) is 6.05. The molecule has 0 aromatic heterocycles. The lowest BCUT2D eigenvalue weighted by Crippen LogP contribution is -2.24. The minimum Gasteiger partial charge on any atom is -0.481 e. The second-order valence-electron chi connectivity index (χ2n) is 5.32. The van der Waals surface area contributed by atoms with Gasteiger partial charge in [0.1, 0.15) is 23.1 Å². The van der Waals surface area contributed by atoms with Gasteiger partial charge in [0.05, 0.1) is 0 Å². The highest BCUT2D eigenvalue weighted by Crippen LogP contribution is 2.22. The first kappa shape index (κ1) is 18.4. The summed E-state index contributed by atoms with van der Waals surface area (Å²) in [4.78, 5) is 23.3. The molecule has 2 aromatic carbocycles. The van der Waals surface area contributed by atoms with Gasteiger partial charge in [-0.2, -0.15) is 0 Å². The maximum Gasteiger partial charge on any atom is 0.344 e. The fourth-order valence-electron chi connectivity index (χ4n) is 2.14. The van der Waals surface area contributed by atoms with Crippen LogP contribution in [0.25, 0.3) is 0 Å². The van der Waals surface area contributed by atoms with E-state index < -0.39 is 35.8 Å². The van der Waals surface area contributed by atoms with Gasteiger partial charge < -0.3 is 14.8 Å². The fraction of sp³-hybridized carbons (Fsp3) is 0.222. The van der Waals surface area contributed by atoms with Crippen LogP contribution in [0.2, 0.25) is 0 Å². The number of benzene rings is 2. The molecule has 2 rings (SSSR count). The van der Waals surface area contributed by atoms with Crippen molar-refractivity contribution in [1.29, 1.82) is 0 Å². The number of anilines is 1. The lowest BCUT2D eigenvalue weighted by Gasteiger charge is -2.12. The molecule has 0 radical (unpaired) electrons. The summed E-state index contributed by atoms with van der Waals surface area (Å²) in [6.07, 6.45) is 0. The summed E-state index contributed by atoms with van der Waals surface area (Å²) >= 11 is 0. The maximum absolute atomic E-state index is 13.4.